The lowest BCUT2D eigenvalue weighted by molar-refractivity contribution is 0.424. The molecule has 1 atom stereocenters. The fourth-order valence-corrected chi connectivity index (χ4v) is 5.01. The Balaban J connectivity index is 1.87. The topological polar surface area (TPSA) is 62.7 Å². The Morgan fingerprint density at radius 3 is 3.17 bits per heavy atom. The van der Waals surface area contributed by atoms with Gasteiger partial charge in [-0.15, -0.1) is 23.1 Å². The van der Waals surface area contributed by atoms with Gasteiger partial charge < -0.3 is 4.52 Å². The van der Waals surface area contributed by atoms with Gasteiger partial charge in [0.1, 0.15) is 10.9 Å². The minimum absolute atomic E-state index is 0.312. The van der Waals surface area contributed by atoms with E-state index in [4.69, 9.17) is 9.78 Å². The van der Waals surface area contributed by atoms with Crippen LogP contribution in [0.2, 0.25) is 0 Å². The monoisotopic (exact) mass is 295 g/mol. The van der Waals surface area contributed by atoms with Crippen LogP contribution in [0.5, 0.6) is 0 Å². The molecule has 1 unspecified atom stereocenters. The second-order valence-corrected chi connectivity index (χ2v) is 7.04. The Kier molecular flexibility index (Phi) is 3.59. The summed E-state index contributed by atoms with van der Waals surface area (Å²) >= 11 is 5.25. The first-order valence-electron chi connectivity index (χ1n) is 5.39. The zero-order chi connectivity index (χ0) is 12.4. The fourth-order valence-electron chi connectivity index (χ4n) is 1.66. The number of nitriles is 1. The van der Waals surface area contributed by atoms with Crippen LogP contribution in [0.1, 0.15) is 16.6 Å². The molecule has 7 heteroatoms. The van der Waals surface area contributed by atoms with Crippen molar-refractivity contribution in [1.82, 2.24) is 10.1 Å². The molecule has 0 saturated carbocycles. The molecular formula is C11H9N3OS3. The molecule has 0 aromatic carbocycles. The van der Waals surface area contributed by atoms with Crippen molar-refractivity contribution in [1.29, 1.82) is 5.26 Å². The maximum absolute atomic E-state index is 8.98. The van der Waals surface area contributed by atoms with Gasteiger partial charge in [0.05, 0.1) is 10.8 Å². The fraction of sp³-hybridized carbons (Fsp3) is 0.364. The standard InChI is InChI=1S/C11H9N3OS3/c12-5-7-1-2-18-9(7)11-13-10(14-15-11)8-6-16-3-4-17-8/h1-2,8H,3-4,6H2. The number of aromatic nitrogens is 2. The maximum Gasteiger partial charge on any atom is 0.269 e. The predicted molar refractivity (Wildman–Crippen MR) is 74.9 cm³/mol. The van der Waals surface area contributed by atoms with Crippen molar-refractivity contribution in [2.45, 2.75) is 5.25 Å². The Morgan fingerprint density at radius 2 is 2.39 bits per heavy atom. The molecule has 3 rings (SSSR count). The molecule has 1 aliphatic heterocycles. The van der Waals surface area contributed by atoms with Gasteiger partial charge in [0, 0.05) is 17.3 Å². The molecule has 4 nitrogen and oxygen atoms in total. The summed E-state index contributed by atoms with van der Waals surface area (Å²) in [5, 5.41) is 15.2. The lowest BCUT2D eigenvalue weighted by Crippen LogP contribution is -2.07. The van der Waals surface area contributed by atoms with Crippen molar-refractivity contribution >= 4 is 34.9 Å². The van der Waals surface area contributed by atoms with Crippen LogP contribution in [0.25, 0.3) is 10.8 Å². The summed E-state index contributed by atoms with van der Waals surface area (Å²) in [7, 11) is 0. The van der Waals surface area contributed by atoms with Crippen LogP contribution in [0, 0.1) is 11.3 Å². The first-order valence-corrected chi connectivity index (χ1v) is 8.47. The van der Waals surface area contributed by atoms with E-state index < -0.39 is 0 Å². The Morgan fingerprint density at radius 1 is 1.44 bits per heavy atom. The molecule has 0 spiro atoms. The van der Waals surface area contributed by atoms with E-state index >= 15 is 0 Å². The van der Waals surface area contributed by atoms with Crippen LogP contribution in [-0.4, -0.2) is 27.4 Å². The van der Waals surface area contributed by atoms with Crippen LogP contribution in [0.3, 0.4) is 0 Å². The van der Waals surface area contributed by atoms with Crippen molar-refractivity contribution in [3.63, 3.8) is 0 Å². The number of rotatable bonds is 2. The zero-order valence-corrected chi connectivity index (χ0v) is 11.8. The molecule has 3 heterocycles. The summed E-state index contributed by atoms with van der Waals surface area (Å²) in [4.78, 5) is 5.20. The highest BCUT2D eigenvalue weighted by Gasteiger charge is 2.23. The van der Waals surface area contributed by atoms with Crippen LogP contribution in [0.15, 0.2) is 16.0 Å². The van der Waals surface area contributed by atoms with E-state index in [2.05, 4.69) is 16.2 Å². The van der Waals surface area contributed by atoms with Gasteiger partial charge in [0.2, 0.25) is 0 Å². The molecule has 0 radical (unpaired) electrons. The predicted octanol–water partition coefficient (Wildman–Crippen LogP) is 3.19. The summed E-state index contributed by atoms with van der Waals surface area (Å²) in [6.45, 7) is 0. The van der Waals surface area contributed by atoms with E-state index in [0.29, 0.717) is 16.7 Å². The van der Waals surface area contributed by atoms with Crippen molar-refractivity contribution in [3.05, 3.63) is 22.8 Å². The van der Waals surface area contributed by atoms with Crippen LogP contribution >= 0.6 is 34.9 Å². The van der Waals surface area contributed by atoms with Gasteiger partial charge in [-0.3, -0.25) is 0 Å². The van der Waals surface area contributed by atoms with Crippen LogP contribution in [-0.2, 0) is 0 Å². The highest BCUT2D eigenvalue weighted by atomic mass is 32.2. The molecule has 1 fully saturated rings. The average molecular weight is 295 g/mol. The Hall–Kier alpha value is -0.970. The first-order chi connectivity index (χ1) is 8.88. The molecule has 0 aliphatic carbocycles. The van der Waals surface area contributed by atoms with Gasteiger partial charge in [-0.1, -0.05) is 5.16 Å². The zero-order valence-electron chi connectivity index (χ0n) is 9.33. The third-order valence-electron chi connectivity index (χ3n) is 2.53. The SMILES string of the molecule is N#Cc1ccsc1-c1nc(C2CSCCS2)no1. The summed E-state index contributed by atoms with van der Waals surface area (Å²) in [5.41, 5.74) is 0.598. The maximum atomic E-state index is 8.98. The lowest BCUT2D eigenvalue weighted by Gasteiger charge is -2.16. The van der Waals surface area contributed by atoms with E-state index in [1.807, 2.05) is 28.9 Å². The summed E-state index contributed by atoms with van der Waals surface area (Å²) in [6, 6.07) is 3.91. The van der Waals surface area contributed by atoms with E-state index in [1.165, 1.54) is 17.1 Å². The van der Waals surface area contributed by atoms with Gasteiger partial charge in [-0.2, -0.15) is 22.0 Å². The van der Waals surface area contributed by atoms with Crippen molar-refractivity contribution in [2.75, 3.05) is 17.3 Å². The molecule has 2 aromatic heterocycles. The smallest absolute Gasteiger partial charge is 0.269 e. The molecular weight excluding hydrogens is 286 g/mol. The molecule has 0 amide bonds. The lowest BCUT2D eigenvalue weighted by atomic mass is 10.3. The highest BCUT2D eigenvalue weighted by Crippen LogP contribution is 2.36. The van der Waals surface area contributed by atoms with E-state index in [-0.39, 0.29) is 0 Å². The second kappa shape index (κ2) is 5.34. The van der Waals surface area contributed by atoms with E-state index in [9.17, 15) is 0 Å². The molecule has 0 N–H and O–H groups in total. The summed E-state index contributed by atoms with van der Waals surface area (Å²) in [6.07, 6.45) is 0. The molecule has 1 aliphatic rings. The minimum atomic E-state index is 0.312. The van der Waals surface area contributed by atoms with Gasteiger partial charge >= 0.3 is 0 Å². The Labute approximate surface area is 117 Å². The largest absolute Gasteiger partial charge is 0.333 e. The third-order valence-corrected chi connectivity index (χ3v) is 6.18. The third kappa shape index (κ3) is 2.28. The Bertz CT molecular complexity index is 580. The van der Waals surface area contributed by atoms with Crippen LogP contribution in [0.4, 0.5) is 0 Å². The van der Waals surface area contributed by atoms with Crippen molar-refractivity contribution in [2.24, 2.45) is 0 Å². The van der Waals surface area contributed by atoms with Gasteiger partial charge in [0.15, 0.2) is 5.82 Å². The van der Waals surface area contributed by atoms with Crippen LogP contribution < -0.4 is 0 Å². The van der Waals surface area contributed by atoms with Crippen molar-refractivity contribution in [3.8, 4) is 16.8 Å². The quantitative estimate of drug-likeness (QED) is 0.848. The molecule has 18 heavy (non-hydrogen) atoms. The molecule has 2 aromatic rings. The summed E-state index contributed by atoms with van der Waals surface area (Å²) in [5.74, 6) is 4.56. The number of thiophene rings is 1. The highest BCUT2D eigenvalue weighted by molar-refractivity contribution is 8.06. The number of thioether (sulfide) groups is 2. The van der Waals surface area contributed by atoms with Crippen molar-refractivity contribution < 1.29 is 4.52 Å². The second-order valence-electron chi connectivity index (χ2n) is 3.67. The molecule has 1 saturated heterocycles. The number of nitrogens with zero attached hydrogens (tertiary/aromatic N) is 3. The number of hydrogen-bond donors (Lipinski definition) is 0. The normalized spacial score (nSPS) is 19.6. The number of hydrogen-bond acceptors (Lipinski definition) is 7. The van der Waals surface area contributed by atoms with Gasteiger partial charge in [0.25, 0.3) is 5.89 Å². The van der Waals surface area contributed by atoms with Gasteiger partial charge in [-0.25, -0.2) is 0 Å². The minimum Gasteiger partial charge on any atom is -0.333 e. The van der Waals surface area contributed by atoms with Gasteiger partial charge in [-0.05, 0) is 11.4 Å². The molecule has 92 valence electrons. The molecule has 0 bridgehead atoms. The average Bonchev–Trinajstić information content (AvgIpc) is 3.08. The van der Waals surface area contributed by atoms with E-state index in [0.717, 1.165) is 22.2 Å². The first kappa shape index (κ1) is 12.1. The van der Waals surface area contributed by atoms with E-state index in [1.54, 1.807) is 6.07 Å². The summed E-state index contributed by atoms with van der Waals surface area (Å²) < 4.78 is 5.28.